The molecule has 6 aromatic carbocycles. The number of carbonyl (C=O) groups excluding carboxylic acids is 2. The zero-order valence-electron chi connectivity index (χ0n) is 34.8. The maximum atomic E-state index is 13.8. The molecule has 7 aromatic rings. The molecular weight excluding hydrogens is 931 g/mol. The normalized spacial score (nSPS) is 12.0. The third-order valence-corrected chi connectivity index (χ3v) is 11.3. The standard InChI is InChI=1S/C42H30N10O11S2.2Na/c43-36-33(65(61,62)63)20-30(34-35(36)38(55)27-9-5-4-8-26(27)37(34)54)44-24-14-16-29(32(19-24)64(58,59)60)47-42-49-40(45-21-6-2-1-3-7-21)48-41(50-42)46-22-10-12-23(13-11-22)51-52-25-15-17-31(53)28(18-25)39(56)57;;/h1-20,44,53H,43H2,(H,56,57)(H,58,59,60)(H,61,62,63)(H3,45,46,47,48,49,50);;. The number of carboxylic acids is 1. The Balaban J connectivity index is 0.00000370. The van der Waals surface area contributed by atoms with Crippen molar-refractivity contribution in [2.75, 3.05) is 27.0 Å². The van der Waals surface area contributed by atoms with E-state index in [1.54, 1.807) is 54.6 Å². The van der Waals surface area contributed by atoms with E-state index >= 15 is 0 Å². The number of azo groups is 1. The van der Waals surface area contributed by atoms with Crippen LogP contribution in [0.5, 0.6) is 5.75 Å². The summed E-state index contributed by atoms with van der Waals surface area (Å²) in [5.74, 6) is -3.54. The van der Waals surface area contributed by atoms with Gasteiger partial charge in [0.15, 0.2) is 11.6 Å². The maximum absolute atomic E-state index is 13.8. The molecule has 0 bridgehead atoms. The van der Waals surface area contributed by atoms with E-state index in [1.807, 2.05) is 0 Å². The number of aromatic hydroxyl groups is 1. The number of rotatable bonds is 13. The van der Waals surface area contributed by atoms with Crippen LogP contribution in [0.15, 0.2) is 141 Å². The molecule has 67 heavy (non-hydrogen) atoms. The quantitative estimate of drug-likeness (QED) is 0.0249. The molecule has 0 spiro atoms. The van der Waals surface area contributed by atoms with Crippen molar-refractivity contribution in [3.8, 4) is 5.75 Å². The number of ketones is 2. The smallest absolute Gasteiger partial charge is 0.339 e. The van der Waals surface area contributed by atoms with Gasteiger partial charge >= 0.3 is 5.97 Å². The number of fused-ring (bicyclic) bond motifs is 2. The van der Waals surface area contributed by atoms with E-state index in [4.69, 9.17) is 5.73 Å². The molecule has 8 rings (SSSR count). The molecule has 1 aliphatic carbocycles. The first-order valence-electron chi connectivity index (χ1n) is 18.6. The summed E-state index contributed by atoms with van der Waals surface area (Å²) in [6, 6.07) is 29.0. The molecular formula is C42H30N10Na2O11S2. The summed E-state index contributed by atoms with van der Waals surface area (Å²) in [6.07, 6.45) is 0. The monoisotopic (exact) mass is 960 g/mol. The first-order chi connectivity index (χ1) is 30.9. The number of hydrogen-bond acceptors (Lipinski definition) is 18. The number of nitrogens with zero attached hydrogens (tertiary/aromatic N) is 5. The van der Waals surface area contributed by atoms with Crippen molar-refractivity contribution in [3.63, 3.8) is 0 Å². The number of hydrogen-bond donors (Lipinski definition) is 9. The predicted molar refractivity (Wildman–Crippen MR) is 247 cm³/mol. The molecule has 25 heteroatoms. The van der Waals surface area contributed by atoms with E-state index in [-0.39, 0.29) is 122 Å². The molecule has 0 saturated carbocycles. The fourth-order valence-electron chi connectivity index (χ4n) is 6.61. The largest absolute Gasteiger partial charge is 0.507 e. The average Bonchev–Trinajstić information content (AvgIpc) is 3.26. The fourth-order valence-corrected chi connectivity index (χ4v) is 7.93. The first kappa shape index (κ1) is 49.8. The molecule has 328 valence electrons. The van der Waals surface area contributed by atoms with Gasteiger partial charge in [0.25, 0.3) is 20.2 Å². The number of carboxylic acid groups (broad SMARTS) is 1. The molecule has 10 N–H and O–H groups in total. The van der Waals surface area contributed by atoms with E-state index in [0.29, 0.717) is 17.1 Å². The van der Waals surface area contributed by atoms with E-state index in [1.165, 1.54) is 54.6 Å². The zero-order valence-corrected chi connectivity index (χ0v) is 40.5. The van der Waals surface area contributed by atoms with Gasteiger partial charge in [0, 0.05) is 87.3 Å². The predicted octanol–water partition coefficient (Wildman–Crippen LogP) is 6.75. The van der Waals surface area contributed by atoms with E-state index in [0.717, 1.165) is 12.1 Å². The van der Waals surface area contributed by atoms with Crippen LogP contribution >= 0.6 is 0 Å². The van der Waals surface area contributed by atoms with Crippen molar-refractivity contribution >= 4 is 160 Å². The Morgan fingerprint density at radius 3 is 1.64 bits per heavy atom. The van der Waals surface area contributed by atoms with Gasteiger partial charge in [-0.05, 0) is 78.9 Å². The molecule has 0 aliphatic heterocycles. The summed E-state index contributed by atoms with van der Waals surface area (Å²) in [6.45, 7) is 0. The van der Waals surface area contributed by atoms with Gasteiger partial charge in [-0.2, -0.15) is 42.0 Å². The van der Waals surface area contributed by atoms with Gasteiger partial charge in [-0.1, -0.05) is 42.5 Å². The molecule has 1 heterocycles. The van der Waals surface area contributed by atoms with Crippen LogP contribution in [-0.2, 0) is 20.2 Å². The number of nitrogens with one attached hydrogen (secondary N) is 4. The minimum absolute atomic E-state index is 0. The van der Waals surface area contributed by atoms with Crippen molar-refractivity contribution in [2.24, 2.45) is 10.2 Å². The molecule has 2 radical (unpaired) electrons. The van der Waals surface area contributed by atoms with Crippen molar-refractivity contribution in [2.45, 2.75) is 9.79 Å². The second-order valence-corrected chi connectivity index (χ2v) is 16.7. The molecule has 0 amide bonds. The van der Waals surface area contributed by atoms with Gasteiger partial charge in [-0.15, -0.1) is 0 Å². The summed E-state index contributed by atoms with van der Waals surface area (Å²) >= 11 is 0. The van der Waals surface area contributed by atoms with Gasteiger partial charge < -0.3 is 37.2 Å². The molecule has 1 aliphatic rings. The van der Waals surface area contributed by atoms with E-state index in [9.17, 15) is 50.5 Å². The van der Waals surface area contributed by atoms with Gasteiger partial charge in [0.1, 0.15) is 21.1 Å². The van der Waals surface area contributed by atoms with Gasteiger partial charge in [0.2, 0.25) is 17.8 Å². The molecule has 0 atom stereocenters. The number of para-hydroxylation sites is 1. The van der Waals surface area contributed by atoms with Crippen molar-refractivity contribution < 1.29 is 50.5 Å². The van der Waals surface area contributed by atoms with Crippen LogP contribution < -0.4 is 27.0 Å². The summed E-state index contributed by atoms with van der Waals surface area (Å²) < 4.78 is 71.1. The third kappa shape index (κ3) is 11.0. The summed E-state index contributed by atoms with van der Waals surface area (Å²) in [4.78, 5) is 50.3. The van der Waals surface area contributed by atoms with Crippen molar-refractivity contribution in [1.82, 2.24) is 15.0 Å². The van der Waals surface area contributed by atoms with E-state index in [2.05, 4.69) is 46.4 Å². The minimum atomic E-state index is -5.07. The summed E-state index contributed by atoms with van der Waals surface area (Å²) in [5.41, 5.74) is 5.04. The number of nitrogens with two attached hydrogens (primary N) is 1. The number of aromatic carboxylic acids is 1. The Bertz CT molecular complexity index is 3390. The van der Waals surface area contributed by atoms with Crippen LogP contribution in [0.25, 0.3) is 0 Å². The Morgan fingerprint density at radius 2 is 1.06 bits per heavy atom. The SMILES string of the molecule is Nc1c(S(=O)(=O)O)cc(Nc2ccc(Nc3nc(Nc4ccccc4)nc(Nc4ccc(N=Nc5ccc(O)c(C(=O)O)c5)cc4)n3)c(S(=O)(=O)O)c2)c2c1C(=O)c1ccccc1C2=O.[Na].[Na]. The second kappa shape index (κ2) is 20.1. The van der Waals surface area contributed by atoms with Crippen molar-refractivity contribution in [1.29, 1.82) is 0 Å². The average molecular weight is 961 g/mol. The Hall–Kier alpha value is -6.64. The molecule has 0 saturated heterocycles. The van der Waals surface area contributed by atoms with Crippen LogP contribution in [0, 0.1) is 0 Å². The van der Waals surface area contributed by atoms with Crippen molar-refractivity contribution in [3.05, 3.63) is 149 Å². The summed E-state index contributed by atoms with van der Waals surface area (Å²) in [7, 11) is -10.1. The molecule has 0 unspecified atom stereocenters. The Morgan fingerprint density at radius 1 is 0.552 bits per heavy atom. The number of benzene rings is 6. The van der Waals surface area contributed by atoms with E-state index < -0.39 is 64.6 Å². The number of aromatic nitrogens is 3. The number of anilines is 9. The number of nitrogen functional groups attached to an aromatic ring is 1. The maximum Gasteiger partial charge on any atom is 0.339 e. The molecule has 0 fully saturated rings. The fraction of sp³-hybridized carbons (Fsp3) is 0. The second-order valence-electron chi connectivity index (χ2n) is 13.9. The topological polar surface area (TPSA) is 338 Å². The van der Waals surface area contributed by atoms with Crippen LogP contribution in [-0.4, -0.2) is 128 Å². The molecule has 21 nitrogen and oxygen atoms in total. The van der Waals surface area contributed by atoms with Crippen LogP contribution in [0.4, 0.5) is 63.3 Å². The first-order valence-corrected chi connectivity index (χ1v) is 21.5. The Labute approximate surface area is 424 Å². The summed E-state index contributed by atoms with van der Waals surface area (Å²) in [5, 5.41) is 38.7. The van der Waals surface area contributed by atoms with Gasteiger partial charge in [0.05, 0.1) is 39.6 Å². The Kier molecular flexibility index (Phi) is 14.9. The third-order valence-electron chi connectivity index (χ3n) is 9.54. The van der Waals surface area contributed by atoms with Gasteiger partial charge in [-0.25, -0.2) is 4.79 Å². The van der Waals surface area contributed by atoms with Crippen LogP contribution in [0.3, 0.4) is 0 Å². The number of phenols is 1. The van der Waals surface area contributed by atoms with Gasteiger partial charge in [-0.3, -0.25) is 18.7 Å². The minimum Gasteiger partial charge on any atom is -0.507 e. The molecule has 1 aromatic heterocycles. The van der Waals surface area contributed by atoms with Crippen LogP contribution in [0.1, 0.15) is 42.2 Å². The zero-order chi connectivity index (χ0) is 46.2. The number of carbonyl (C=O) groups is 3. The van der Waals surface area contributed by atoms with Crippen LogP contribution in [0.2, 0.25) is 0 Å².